The molecular weight excluding hydrogens is 212 g/mol. The van der Waals surface area contributed by atoms with E-state index in [1.54, 1.807) is 18.2 Å². The van der Waals surface area contributed by atoms with Gasteiger partial charge in [-0.3, -0.25) is 9.59 Å². The van der Waals surface area contributed by atoms with Crippen LogP contribution < -0.4 is 9.47 Å². The first-order valence-corrected chi connectivity index (χ1v) is 4.81. The van der Waals surface area contributed by atoms with Gasteiger partial charge in [-0.2, -0.15) is 0 Å². The number of benzene rings is 1. The van der Waals surface area contributed by atoms with E-state index < -0.39 is 5.97 Å². The van der Waals surface area contributed by atoms with E-state index in [4.69, 9.17) is 14.6 Å². The number of rotatable bonds is 4. The number of carboxylic acid groups (broad SMARTS) is 1. The van der Waals surface area contributed by atoms with Crippen molar-refractivity contribution in [3.05, 3.63) is 23.8 Å². The molecule has 5 heteroatoms. The minimum atomic E-state index is -0.978. The van der Waals surface area contributed by atoms with Crippen LogP contribution in [0.3, 0.4) is 0 Å². The van der Waals surface area contributed by atoms with Crippen molar-refractivity contribution in [1.29, 1.82) is 0 Å². The van der Waals surface area contributed by atoms with Crippen LogP contribution in [0.25, 0.3) is 0 Å². The van der Waals surface area contributed by atoms with Crippen LogP contribution in [0.4, 0.5) is 0 Å². The molecule has 0 aliphatic carbocycles. The summed E-state index contributed by atoms with van der Waals surface area (Å²) >= 11 is 0. The third-order valence-electron chi connectivity index (χ3n) is 2.26. The zero-order valence-corrected chi connectivity index (χ0v) is 8.43. The first-order valence-electron chi connectivity index (χ1n) is 4.81. The van der Waals surface area contributed by atoms with Crippen molar-refractivity contribution in [2.75, 3.05) is 6.79 Å². The SMILES string of the molecule is O=C(O)CCC(=O)c1ccc2c(c1)OCO2. The number of fused-ring (bicyclic) bond motifs is 1. The number of Topliss-reactive ketones (excluding diaryl/α,β-unsaturated/α-hetero) is 1. The van der Waals surface area contributed by atoms with E-state index in [0.29, 0.717) is 17.1 Å². The second-order valence-electron chi connectivity index (χ2n) is 3.38. The molecule has 0 fully saturated rings. The number of aliphatic carboxylic acids is 1. The Bertz CT molecular complexity index is 438. The van der Waals surface area contributed by atoms with Gasteiger partial charge in [0.1, 0.15) is 0 Å². The first-order chi connectivity index (χ1) is 7.66. The molecule has 1 aliphatic rings. The molecule has 1 N–H and O–H groups in total. The molecule has 0 aromatic heterocycles. The van der Waals surface area contributed by atoms with Crippen molar-refractivity contribution in [1.82, 2.24) is 0 Å². The average molecular weight is 222 g/mol. The van der Waals surface area contributed by atoms with Gasteiger partial charge in [-0.1, -0.05) is 0 Å². The van der Waals surface area contributed by atoms with E-state index in [-0.39, 0.29) is 25.4 Å². The van der Waals surface area contributed by atoms with Crippen LogP contribution in [0.5, 0.6) is 11.5 Å². The van der Waals surface area contributed by atoms with Crippen LogP contribution in [0.1, 0.15) is 23.2 Å². The van der Waals surface area contributed by atoms with Crippen molar-refractivity contribution in [3.63, 3.8) is 0 Å². The molecule has 0 spiro atoms. The zero-order valence-electron chi connectivity index (χ0n) is 8.43. The average Bonchev–Trinajstić information content (AvgIpc) is 2.72. The van der Waals surface area contributed by atoms with Gasteiger partial charge in [0, 0.05) is 12.0 Å². The lowest BCUT2D eigenvalue weighted by atomic mass is 10.1. The predicted octanol–water partition coefficient (Wildman–Crippen LogP) is 1.46. The smallest absolute Gasteiger partial charge is 0.303 e. The summed E-state index contributed by atoms with van der Waals surface area (Å²) < 4.78 is 10.2. The van der Waals surface area contributed by atoms with E-state index >= 15 is 0 Å². The first kappa shape index (κ1) is 10.5. The minimum absolute atomic E-state index is 0.00498. The third kappa shape index (κ3) is 2.13. The van der Waals surface area contributed by atoms with Crippen LogP contribution in [-0.2, 0) is 4.79 Å². The Morgan fingerprint density at radius 2 is 1.94 bits per heavy atom. The van der Waals surface area contributed by atoms with Gasteiger partial charge in [0.15, 0.2) is 17.3 Å². The largest absolute Gasteiger partial charge is 0.481 e. The fourth-order valence-corrected chi connectivity index (χ4v) is 1.43. The molecule has 16 heavy (non-hydrogen) atoms. The lowest BCUT2D eigenvalue weighted by molar-refractivity contribution is -0.136. The van der Waals surface area contributed by atoms with Gasteiger partial charge in [-0.15, -0.1) is 0 Å². The maximum atomic E-state index is 11.6. The Kier molecular flexibility index (Phi) is 2.76. The Balaban J connectivity index is 2.09. The van der Waals surface area contributed by atoms with Crippen LogP contribution in [0.15, 0.2) is 18.2 Å². The Labute approximate surface area is 91.6 Å². The second kappa shape index (κ2) is 4.22. The zero-order chi connectivity index (χ0) is 11.5. The van der Waals surface area contributed by atoms with Crippen LogP contribution in [-0.4, -0.2) is 23.7 Å². The van der Waals surface area contributed by atoms with Crippen LogP contribution >= 0.6 is 0 Å². The lowest BCUT2D eigenvalue weighted by Crippen LogP contribution is -2.03. The van der Waals surface area contributed by atoms with Gasteiger partial charge in [0.05, 0.1) is 6.42 Å². The summed E-state index contributed by atoms with van der Waals surface area (Å²) in [5.41, 5.74) is 0.450. The quantitative estimate of drug-likeness (QED) is 0.781. The van der Waals surface area contributed by atoms with Crippen molar-refractivity contribution in [2.24, 2.45) is 0 Å². The summed E-state index contributed by atoms with van der Waals surface area (Å²) in [6.07, 6.45) is -0.164. The van der Waals surface area contributed by atoms with Gasteiger partial charge in [-0.05, 0) is 18.2 Å². The molecule has 1 aromatic carbocycles. The molecule has 1 heterocycles. The normalized spacial score (nSPS) is 12.5. The molecule has 0 atom stereocenters. The predicted molar refractivity (Wildman–Crippen MR) is 53.8 cm³/mol. The Hall–Kier alpha value is -2.04. The number of hydrogen-bond acceptors (Lipinski definition) is 4. The van der Waals surface area contributed by atoms with Gasteiger partial charge in [0.25, 0.3) is 0 Å². The third-order valence-corrected chi connectivity index (χ3v) is 2.26. The summed E-state index contributed by atoms with van der Waals surface area (Å²) in [4.78, 5) is 21.9. The molecule has 0 unspecified atom stereocenters. The molecule has 0 amide bonds. The van der Waals surface area contributed by atoms with E-state index in [0.717, 1.165) is 0 Å². The van der Waals surface area contributed by atoms with Crippen molar-refractivity contribution in [2.45, 2.75) is 12.8 Å². The summed E-state index contributed by atoms with van der Waals surface area (Å²) in [6, 6.07) is 4.83. The minimum Gasteiger partial charge on any atom is -0.481 e. The van der Waals surface area contributed by atoms with Gasteiger partial charge in [0.2, 0.25) is 6.79 Å². The number of ether oxygens (including phenoxy) is 2. The molecule has 5 nitrogen and oxygen atoms in total. The number of carbonyl (C=O) groups excluding carboxylic acids is 1. The van der Waals surface area contributed by atoms with Gasteiger partial charge in [-0.25, -0.2) is 0 Å². The highest BCUT2D eigenvalue weighted by Crippen LogP contribution is 2.32. The van der Waals surface area contributed by atoms with E-state index in [1.807, 2.05) is 0 Å². The van der Waals surface area contributed by atoms with Gasteiger partial charge < -0.3 is 14.6 Å². The highest BCUT2D eigenvalue weighted by atomic mass is 16.7. The van der Waals surface area contributed by atoms with E-state index in [2.05, 4.69) is 0 Å². The van der Waals surface area contributed by atoms with Crippen LogP contribution in [0, 0.1) is 0 Å². The lowest BCUT2D eigenvalue weighted by Gasteiger charge is -2.01. The molecule has 0 radical (unpaired) electrons. The molecule has 0 saturated heterocycles. The second-order valence-corrected chi connectivity index (χ2v) is 3.38. The highest BCUT2D eigenvalue weighted by molar-refractivity contribution is 5.98. The topological polar surface area (TPSA) is 72.8 Å². The van der Waals surface area contributed by atoms with Crippen molar-refractivity contribution < 1.29 is 24.2 Å². The monoisotopic (exact) mass is 222 g/mol. The fourth-order valence-electron chi connectivity index (χ4n) is 1.43. The summed E-state index contributed by atoms with van der Waals surface area (Å²) in [7, 11) is 0. The standard InChI is InChI=1S/C11H10O5/c12-8(2-4-11(13)14)7-1-3-9-10(5-7)16-6-15-9/h1,3,5H,2,4,6H2,(H,13,14). The number of hydrogen-bond donors (Lipinski definition) is 1. The summed E-state index contributed by atoms with van der Waals surface area (Å²) in [5, 5.41) is 8.47. The Morgan fingerprint density at radius 3 is 2.69 bits per heavy atom. The number of carbonyl (C=O) groups is 2. The molecular formula is C11H10O5. The molecule has 2 rings (SSSR count). The number of carboxylic acids is 1. The Morgan fingerprint density at radius 1 is 1.19 bits per heavy atom. The molecule has 84 valence electrons. The van der Waals surface area contributed by atoms with Crippen molar-refractivity contribution in [3.8, 4) is 11.5 Å². The van der Waals surface area contributed by atoms with Crippen molar-refractivity contribution >= 4 is 11.8 Å². The molecule has 0 bridgehead atoms. The summed E-state index contributed by atoms with van der Waals surface area (Å²) in [5.74, 6) is -0.0502. The maximum absolute atomic E-state index is 11.6. The molecule has 1 aliphatic heterocycles. The fraction of sp³-hybridized carbons (Fsp3) is 0.273. The van der Waals surface area contributed by atoms with E-state index in [1.165, 1.54) is 0 Å². The van der Waals surface area contributed by atoms with Gasteiger partial charge >= 0.3 is 5.97 Å². The maximum Gasteiger partial charge on any atom is 0.303 e. The molecule has 0 saturated carbocycles. The highest BCUT2D eigenvalue weighted by Gasteiger charge is 2.16. The number of ketones is 1. The molecule has 1 aromatic rings. The summed E-state index contributed by atoms with van der Waals surface area (Å²) in [6.45, 7) is 0.155. The van der Waals surface area contributed by atoms with Crippen LogP contribution in [0.2, 0.25) is 0 Å². The van der Waals surface area contributed by atoms with E-state index in [9.17, 15) is 9.59 Å².